The summed E-state index contributed by atoms with van der Waals surface area (Å²) in [4.78, 5) is 17.2. The molecule has 5 nitrogen and oxygen atoms in total. The SMILES string of the molecule is Cc1ccc(N2CSC3=C(C#N)C(c4ccc(OCc5ccc(Cl)cc5)cc4)CC(=O)N3C2)cc1C. The average molecular weight is 516 g/mol. The zero-order chi connectivity index (χ0) is 25.2. The van der Waals surface area contributed by atoms with Gasteiger partial charge in [-0.1, -0.05) is 53.7 Å². The molecule has 0 N–H and O–H groups in total. The van der Waals surface area contributed by atoms with Gasteiger partial charge in [0.2, 0.25) is 5.91 Å². The number of aryl methyl sites for hydroxylation is 2. The number of allylic oxidation sites excluding steroid dienone is 1. The highest BCUT2D eigenvalue weighted by atomic mass is 35.5. The van der Waals surface area contributed by atoms with E-state index in [4.69, 9.17) is 16.3 Å². The normalized spacial score (nSPS) is 17.6. The Hall–Kier alpha value is -3.40. The second-order valence-electron chi connectivity index (χ2n) is 9.12. The van der Waals surface area contributed by atoms with Crippen molar-refractivity contribution in [2.45, 2.75) is 32.8 Å². The van der Waals surface area contributed by atoms with E-state index in [1.807, 2.05) is 48.5 Å². The summed E-state index contributed by atoms with van der Waals surface area (Å²) in [7, 11) is 0. The first-order chi connectivity index (χ1) is 17.4. The number of halogens is 1. The number of rotatable bonds is 5. The molecule has 5 rings (SSSR count). The highest BCUT2D eigenvalue weighted by Crippen LogP contribution is 2.43. The first kappa shape index (κ1) is 24.3. The number of amides is 1. The Morgan fingerprint density at radius 2 is 1.81 bits per heavy atom. The predicted molar refractivity (Wildman–Crippen MR) is 145 cm³/mol. The maximum Gasteiger partial charge on any atom is 0.229 e. The van der Waals surface area contributed by atoms with Crippen LogP contribution in [0.4, 0.5) is 5.69 Å². The fourth-order valence-corrected chi connectivity index (χ4v) is 5.77. The van der Waals surface area contributed by atoms with Gasteiger partial charge < -0.3 is 9.64 Å². The van der Waals surface area contributed by atoms with Crippen LogP contribution < -0.4 is 9.64 Å². The number of hydrogen-bond acceptors (Lipinski definition) is 5. The Morgan fingerprint density at radius 3 is 2.50 bits per heavy atom. The second kappa shape index (κ2) is 10.3. The van der Waals surface area contributed by atoms with E-state index in [1.54, 1.807) is 16.7 Å². The molecule has 0 spiro atoms. The van der Waals surface area contributed by atoms with E-state index < -0.39 is 0 Å². The van der Waals surface area contributed by atoms with Crippen molar-refractivity contribution in [2.24, 2.45) is 0 Å². The van der Waals surface area contributed by atoms with E-state index in [0.717, 1.165) is 27.6 Å². The minimum absolute atomic E-state index is 0.0399. The number of thioether (sulfide) groups is 1. The van der Waals surface area contributed by atoms with Crippen molar-refractivity contribution >= 4 is 35.0 Å². The van der Waals surface area contributed by atoms with Gasteiger partial charge in [0, 0.05) is 23.0 Å². The highest BCUT2D eigenvalue weighted by Gasteiger charge is 2.38. The van der Waals surface area contributed by atoms with Crippen molar-refractivity contribution in [3.8, 4) is 11.8 Å². The first-order valence-electron chi connectivity index (χ1n) is 11.8. The second-order valence-corrected chi connectivity index (χ2v) is 10.5. The molecule has 1 saturated heterocycles. The van der Waals surface area contributed by atoms with E-state index >= 15 is 0 Å². The van der Waals surface area contributed by atoms with Crippen LogP contribution in [0.2, 0.25) is 5.02 Å². The van der Waals surface area contributed by atoms with Crippen LogP contribution in [0.5, 0.6) is 5.75 Å². The predicted octanol–water partition coefficient (Wildman–Crippen LogP) is 6.76. The summed E-state index contributed by atoms with van der Waals surface area (Å²) >= 11 is 7.50. The van der Waals surface area contributed by atoms with Gasteiger partial charge in [-0.05, 0) is 72.5 Å². The number of fused-ring (bicyclic) bond motifs is 1. The lowest BCUT2D eigenvalue weighted by Crippen LogP contribution is -2.47. The van der Waals surface area contributed by atoms with E-state index in [0.29, 0.717) is 29.7 Å². The summed E-state index contributed by atoms with van der Waals surface area (Å²) in [6.45, 7) is 5.09. The minimum Gasteiger partial charge on any atom is -0.489 e. The zero-order valence-corrected chi connectivity index (χ0v) is 21.8. The standard InChI is InChI=1S/C29H26ClN3O2S/c1-19-3-10-24(13-20(19)2)32-17-33-28(34)14-26(27(15-31)29(33)36-18-32)22-6-11-25(12-7-22)35-16-21-4-8-23(30)9-5-21/h3-13,26H,14,16-18H2,1-2H3. The Bertz CT molecular complexity index is 1360. The van der Waals surface area contributed by atoms with Crippen molar-refractivity contribution in [3.05, 3.63) is 105 Å². The van der Waals surface area contributed by atoms with Crippen LogP contribution in [-0.2, 0) is 11.4 Å². The van der Waals surface area contributed by atoms with E-state index in [2.05, 4.69) is 43.0 Å². The molecule has 2 heterocycles. The molecular formula is C29H26ClN3O2S. The van der Waals surface area contributed by atoms with Crippen molar-refractivity contribution in [1.82, 2.24) is 4.90 Å². The number of ether oxygens (including phenoxy) is 1. The summed E-state index contributed by atoms with van der Waals surface area (Å²) < 4.78 is 5.90. The lowest BCUT2D eigenvalue weighted by atomic mass is 9.86. The molecular weight excluding hydrogens is 490 g/mol. The number of hydrogen-bond donors (Lipinski definition) is 0. The van der Waals surface area contributed by atoms with Gasteiger partial charge in [-0.2, -0.15) is 5.26 Å². The van der Waals surface area contributed by atoms with E-state index in [9.17, 15) is 10.1 Å². The molecule has 1 fully saturated rings. The van der Waals surface area contributed by atoms with Crippen LogP contribution in [0.1, 0.15) is 34.6 Å². The number of anilines is 1. The van der Waals surface area contributed by atoms with Crippen LogP contribution in [0.25, 0.3) is 0 Å². The molecule has 0 aliphatic carbocycles. The molecule has 7 heteroatoms. The van der Waals surface area contributed by atoms with Crippen molar-refractivity contribution < 1.29 is 9.53 Å². The van der Waals surface area contributed by atoms with Gasteiger partial charge in [-0.3, -0.25) is 9.69 Å². The van der Waals surface area contributed by atoms with Crippen LogP contribution >= 0.6 is 23.4 Å². The number of benzene rings is 3. The third-order valence-electron chi connectivity index (χ3n) is 6.75. The molecule has 2 aliphatic rings. The topological polar surface area (TPSA) is 56.6 Å². The first-order valence-corrected chi connectivity index (χ1v) is 13.2. The molecule has 36 heavy (non-hydrogen) atoms. The van der Waals surface area contributed by atoms with Gasteiger partial charge in [0.15, 0.2) is 0 Å². The third-order valence-corrected chi connectivity index (χ3v) is 8.16. The smallest absolute Gasteiger partial charge is 0.229 e. The zero-order valence-electron chi connectivity index (χ0n) is 20.2. The minimum atomic E-state index is -0.250. The molecule has 0 bridgehead atoms. The molecule has 1 amide bonds. The third kappa shape index (κ3) is 4.95. The molecule has 1 unspecified atom stereocenters. The summed E-state index contributed by atoms with van der Waals surface area (Å²) in [6, 6.07) is 24.0. The number of carbonyl (C=O) groups is 1. The molecule has 0 saturated carbocycles. The van der Waals surface area contributed by atoms with Gasteiger partial charge in [-0.25, -0.2) is 0 Å². The fourth-order valence-electron chi connectivity index (χ4n) is 4.48. The molecule has 3 aromatic carbocycles. The molecule has 2 aliphatic heterocycles. The molecule has 182 valence electrons. The largest absolute Gasteiger partial charge is 0.489 e. The number of nitriles is 1. The van der Waals surface area contributed by atoms with E-state index in [1.165, 1.54) is 11.1 Å². The Morgan fingerprint density at radius 1 is 1.06 bits per heavy atom. The van der Waals surface area contributed by atoms with Crippen molar-refractivity contribution in [2.75, 3.05) is 17.4 Å². The number of carbonyl (C=O) groups excluding carboxylic acids is 1. The van der Waals surface area contributed by atoms with Gasteiger partial charge in [0.1, 0.15) is 12.4 Å². The Kier molecular flexibility index (Phi) is 6.95. The van der Waals surface area contributed by atoms with Crippen molar-refractivity contribution in [1.29, 1.82) is 5.26 Å². The highest BCUT2D eigenvalue weighted by molar-refractivity contribution is 8.03. The van der Waals surface area contributed by atoms with Gasteiger partial charge in [-0.15, -0.1) is 0 Å². The summed E-state index contributed by atoms with van der Waals surface area (Å²) in [5, 5.41) is 11.5. The van der Waals surface area contributed by atoms with Gasteiger partial charge in [0.25, 0.3) is 0 Å². The molecule has 1 atom stereocenters. The summed E-state index contributed by atoms with van der Waals surface area (Å²) in [5.74, 6) is 1.22. The lowest BCUT2D eigenvalue weighted by Gasteiger charge is -2.42. The molecule has 0 aromatic heterocycles. The lowest BCUT2D eigenvalue weighted by molar-refractivity contribution is -0.129. The number of nitrogens with zero attached hydrogens (tertiary/aromatic N) is 3. The quantitative estimate of drug-likeness (QED) is 0.376. The molecule has 0 radical (unpaired) electrons. The van der Waals surface area contributed by atoms with Crippen LogP contribution in [-0.4, -0.2) is 23.4 Å². The van der Waals surface area contributed by atoms with Crippen LogP contribution in [0.3, 0.4) is 0 Å². The van der Waals surface area contributed by atoms with E-state index in [-0.39, 0.29) is 18.2 Å². The van der Waals surface area contributed by atoms with Crippen LogP contribution in [0, 0.1) is 25.2 Å². The maximum atomic E-state index is 13.2. The van der Waals surface area contributed by atoms with Crippen LogP contribution in [0.15, 0.2) is 77.3 Å². The maximum absolute atomic E-state index is 13.2. The fraction of sp³-hybridized carbons (Fsp3) is 0.241. The Balaban J connectivity index is 1.32. The molecule has 3 aromatic rings. The average Bonchev–Trinajstić information content (AvgIpc) is 2.90. The Labute approximate surface area is 220 Å². The van der Waals surface area contributed by atoms with Gasteiger partial charge in [0.05, 0.1) is 29.2 Å². The summed E-state index contributed by atoms with van der Waals surface area (Å²) in [5.41, 5.74) is 6.20. The monoisotopic (exact) mass is 515 g/mol. The van der Waals surface area contributed by atoms with Gasteiger partial charge >= 0.3 is 0 Å². The summed E-state index contributed by atoms with van der Waals surface area (Å²) in [6.07, 6.45) is 0.276. The van der Waals surface area contributed by atoms with Crippen molar-refractivity contribution in [3.63, 3.8) is 0 Å².